The summed E-state index contributed by atoms with van der Waals surface area (Å²) in [4.78, 5) is 36.9. The number of para-hydroxylation sites is 1. The van der Waals surface area contributed by atoms with Crippen LogP contribution < -0.4 is 16.1 Å². The normalized spacial score (nSPS) is 10.5. The average molecular weight is 500 g/mol. The van der Waals surface area contributed by atoms with Crippen molar-refractivity contribution in [1.82, 2.24) is 5.43 Å². The molecule has 0 aliphatic heterocycles. The van der Waals surface area contributed by atoms with Crippen molar-refractivity contribution in [1.29, 1.82) is 0 Å². The van der Waals surface area contributed by atoms with E-state index in [1.54, 1.807) is 66.7 Å². The van der Waals surface area contributed by atoms with Gasteiger partial charge in [-0.05, 0) is 54.1 Å². The van der Waals surface area contributed by atoms with E-state index in [-0.39, 0.29) is 11.3 Å². The zero-order chi connectivity index (χ0) is 22.2. The molecule has 0 fully saturated rings. The van der Waals surface area contributed by atoms with Crippen molar-refractivity contribution in [2.45, 2.75) is 0 Å². The zero-order valence-corrected chi connectivity index (χ0v) is 18.3. The first kappa shape index (κ1) is 22.2. The van der Waals surface area contributed by atoms with E-state index in [2.05, 4.69) is 37.1 Å². The van der Waals surface area contributed by atoms with Gasteiger partial charge in [0, 0.05) is 15.2 Å². The molecule has 0 heterocycles. The third-order valence-electron chi connectivity index (χ3n) is 3.96. The summed E-state index contributed by atoms with van der Waals surface area (Å²) in [6, 6.07) is 20.2. The minimum atomic E-state index is -0.985. The predicted molar refractivity (Wildman–Crippen MR) is 124 cm³/mol. The summed E-state index contributed by atoms with van der Waals surface area (Å²) in [5, 5.41) is 9.43. The lowest BCUT2D eigenvalue weighted by Crippen LogP contribution is -2.33. The molecule has 0 spiro atoms. The summed E-state index contributed by atoms with van der Waals surface area (Å²) >= 11 is 9.21. The van der Waals surface area contributed by atoms with Crippen molar-refractivity contribution >= 4 is 62.8 Å². The third kappa shape index (κ3) is 6.50. The molecule has 156 valence electrons. The molecule has 9 heteroatoms. The number of nitrogens with one attached hydrogen (secondary N) is 3. The minimum absolute atomic E-state index is 0.191. The fourth-order valence-corrected chi connectivity index (χ4v) is 2.97. The van der Waals surface area contributed by atoms with Gasteiger partial charge in [-0.3, -0.25) is 14.4 Å². The number of amides is 3. The Morgan fingerprint density at radius 3 is 2.35 bits per heavy atom. The standard InChI is InChI=1S/C22H16BrClN4O3/c23-15-8-10-17(11-9-15)26-20(29)18-6-1-2-7-19(18)27-21(30)22(31)28-25-13-14-4-3-5-16(24)12-14/h1-13H,(H,26,29)(H,27,30)(H,28,31)/b25-13+. The molecule has 0 saturated heterocycles. The Hall–Kier alpha value is -3.49. The Morgan fingerprint density at radius 2 is 1.61 bits per heavy atom. The van der Waals surface area contributed by atoms with Gasteiger partial charge in [-0.2, -0.15) is 5.10 Å². The van der Waals surface area contributed by atoms with Gasteiger partial charge < -0.3 is 10.6 Å². The van der Waals surface area contributed by atoms with E-state index in [1.165, 1.54) is 12.3 Å². The van der Waals surface area contributed by atoms with E-state index in [9.17, 15) is 14.4 Å². The van der Waals surface area contributed by atoms with Gasteiger partial charge in [0.2, 0.25) is 0 Å². The van der Waals surface area contributed by atoms with Gasteiger partial charge in [0.15, 0.2) is 0 Å². The highest BCUT2D eigenvalue weighted by molar-refractivity contribution is 9.10. The average Bonchev–Trinajstić information content (AvgIpc) is 2.75. The number of carbonyl (C=O) groups excluding carboxylic acids is 3. The molecular weight excluding hydrogens is 484 g/mol. The highest BCUT2D eigenvalue weighted by Gasteiger charge is 2.17. The van der Waals surface area contributed by atoms with Gasteiger partial charge >= 0.3 is 11.8 Å². The van der Waals surface area contributed by atoms with Gasteiger partial charge in [0.25, 0.3) is 5.91 Å². The van der Waals surface area contributed by atoms with Gasteiger partial charge in [-0.25, -0.2) is 5.43 Å². The van der Waals surface area contributed by atoms with Gasteiger partial charge in [-0.1, -0.05) is 51.8 Å². The molecule has 0 aliphatic carbocycles. The highest BCUT2D eigenvalue weighted by Crippen LogP contribution is 2.19. The molecule has 0 aromatic heterocycles. The van der Waals surface area contributed by atoms with Crippen molar-refractivity contribution in [3.63, 3.8) is 0 Å². The Bertz CT molecular complexity index is 1150. The van der Waals surface area contributed by atoms with E-state index in [0.29, 0.717) is 16.3 Å². The van der Waals surface area contributed by atoms with Crippen LogP contribution in [0.4, 0.5) is 11.4 Å². The van der Waals surface area contributed by atoms with E-state index in [4.69, 9.17) is 11.6 Å². The summed E-state index contributed by atoms with van der Waals surface area (Å²) in [6.07, 6.45) is 1.36. The number of hydrogen-bond donors (Lipinski definition) is 3. The van der Waals surface area contributed by atoms with Gasteiger partial charge in [0.1, 0.15) is 0 Å². The first-order chi connectivity index (χ1) is 14.9. The van der Waals surface area contributed by atoms with Crippen LogP contribution in [0.15, 0.2) is 82.4 Å². The lowest BCUT2D eigenvalue weighted by Gasteiger charge is -2.11. The molecule has 31 heavy (non-hydrogen) atoms. The van der Waals surface area contributed by atoms with E-state index < -0.39 is 17.7 Å². The summed E-state index contributed by atoms with van der Waals surface area (Å²) in [6.45, 7) is 0. The maximum Gasteiger partial charge on any atom is 0.329 e. The van der Waals surface area contributed by atoms with Crippen molar-refractivity contribution < 1.29 is 14.4 Å². The van der Waals surface area contributed by atoms with Crippen molar-refractivity contribution in [2.75, 3.05) is 10.6 Å². The van der Waals surface area contributed by atoms with Crippen molar-refractivity contribution in [2.24, 2.45) is 5.10 Å². The molecule has 3 aromatic rings. The van der Waals surface area contributed by atoms with Crippen LogP contribution in [0.3, 0.4) is 0 Å². The van der Waals surface area contributed by atoms with Gasteiger partial charge in [-0.15, -0.1) is 0 Å². The molecule has 0 unspecified atom stereocenters. The Balaban J connectivity index is 1.63. The number of halogens is 2. The molecule has 0 saturated carbocycles. The number of nitrogens with zero attached hydrogens (tertiary/aromatic N) is 1. The topological polar surface area (TPSA) is 99.7 Å². The monoisotopic (exact) mass is 498 g/mol. The van der Waals surface area contributed by atoms with Crippen LogP contribution in [-0.4, -0.2) is 23.9 Å². The third-order valence-corrected chi connectivity index (χ3v) is 4.72. The SMILES string of the molecule is O=C(N/N=C/c1cccc(Cl)c1)C(=O)Nc1ccccc1C(=O)Nc1ccc(Br)cc1. The van der Waals surface area contributed by atoms with Crippen LogP contribution in [0.2, 0.25) is 5.02 Å². The summed E-state index contributed by atoms with van der Waals surface area (Å²) in [5.41, 5.74) is 3.77. The smallest absolute Gasteiger partial charge is 0.322 e. The van der Waals surface area contributed by atoms with Crippen LogP contribution in [0.25, 0.3) is 0 Å². The quantitative estimate of drug-likeness (QED) is 0.275. The Kier molecular flexibility index (Phi) is 7.53. The summed E-state index contributed by atoms with van der Waals surface area (Å²) < 4.78 is 0.877. The Morgan fingerprint density at radius 1 is 0.871 bits per heavy atom. The van der Waals surface area contributed by atoms with E-state index >= 15 is 0 Å². The number of hydrazone groups is 1. The minimum Gasteiger partial charge on any atom is -0.322 e. The lowest BCUT2D eigenvalue weighted by molar-refractivity contribution is -0.136. The summed E-state index contributed by atoms with van der Waals surface area (Å²) in [7, 11) is 0. The fraction of sp³-hybridized carbons (Fsp3) is 0. The second kappa shape index (κ2) is 10.5. The number of rotatable bonds is 5. The lowest BCUT2D eigenvalue weighted by atomic mass is 10.1. The maximum absolute atomic E-state index is 12.6. The van der Waals surface area contributed by atoms with Crippen LogP contribution in [-0.2, 0) is 9.59 Å². The number of carbonyl (C=O) groups is 3. The second-order valence-electron chi connectivity index (χ2n) is 6.21. The molecule has 7 nitrogen and oxygen atoms in total. The van der Waals surface area contributed by atoms with Gasteiger partial charge in [0.05, 0.1) is 17.5 Å². The molecule has 3 aromatic carbocycles. The van der Waals surface area contributed by atoms with Crippen molar-refractivity contribution in [3.05, 3.63) is 93.4 Å². The summed E-state index contributed by atoms with van der Waals surface area (Å²) in [5.74, 6) is -2.38. The largest absolute Gasteiger partial charge is 0.329 e. The molecule has 0 bridgehead atoms. The van der Waals surface area contributed by atoms with Crippen LogP contribution in [0.1, 0.15) is 15.9 Å². The van der Waals surface area contributed by atoms with E-state index in [0.717, 1.165) is 4.47 Å². The number of benzene rings is 3. The molecule has 3 N–H and O–H groups in total. The van der Waals surface area contributed by atoms with Crippen LogP contribution >= 0.6 is 27.5 Å². The molecular formula is C22H16BrClN4O3. The predicted octanol–water partition coefficient (Wildman–Crippen LogP) is 4.44. The second-order valence-corrected chi connectivity index (χ2v) is 7.57. The zero-order valence-electron chi connectivity index (χ0n) is 15.9. The molecule has 0 atom stereocenters. The fourth-order valence-electron chi connectivity index (χ4n) is 2.50. The highest BCUT2D eigenvalue weighted by atomic mass is 79.9. The maximum atomic E-state index is 12.6. The Labute approximate surface area is 191 Å². The van der Waals surface area contributed by atoms with Crippen LogP contribution in [0, 0.1) is 0 Å². The molecule has 0 aliphatic rings. The van der Waals surface area contributed by atoms with Crippen molar-refractivity contribution in [3.8, 4) is 0 Å². The molecule has 0 radical (unpaired) electrons. The van der Waals surface area contributed by atoms with Crippen LogP contribution in [0.5, 0.6) is 0 Å². The molecule has 3 amide bonds. The number of anilines is 2. The number of hydrogen-bond acceptors (Lipinski definition) is 4. The van der Waals surface area contributed by atoms with E-state index in [1.807, 2.05) is 0 Å². The first-order valence-corrected chi connectivity index (χ1v) is 10.2. The first-order valence-electron chi connectivity index (χ1n) is 8.98. The molecule has 3 rings (SSSR count).